The van der Waals surface area contributed by atoms with Crippen LogP contribution in [0.3, 0.4) is 0 Å². The largest absolute Gasteiger partial charge is 0.480 e. The van der Waals surface area contributed by atoms with Crippen molar-refractivity contribution in [1.29, 1.82) is 0 Å². The van der Waals surface area contributed by atoms with E-state index in [1.165, 1.54) is 0 Å². The third-order valence-corrected chi connectivity index (χ3v) is 6.74. The van der Waals surface area contributed by atoms with Gasteiger partial charge in [-0.3, -0.25) is 13.8 Å². The van der Waals surface area contributed by atoms with Crippen LogP contribution in [0.4, 0.5) is 0 Å². The third-order valence-electron chi connectivity index (χ3n) is 3.44. The second kappa shape index (κ2) is 13.9. The average molecular weight is 810 g/mol. The van der Waals surface area contributed by atoms with E-state index in [2.05, 4.69) is 72.5 Å². The molecule has 0 amide bonds. The zero-order valence-electron chi connectivity index (χ0n) is 17.6. The summed E-state index contributed by atoms with van der Waals surface area (Å²) in [5.74, 6) is -1.32. The number of esters is 2. The van der Waals surface area contributed by atoms with Crippen LogP contribution in [-0.2, 0) is 32.7 Å². The summed E-state index contributed by atoms with van der Waals surface area (Å²) in [4.78, 5) is 32.9. The molecule has 0 heterocycles. The molecular formula is C18H24I3NO9P+. The van der Waals surface area contributed by atoms with Gasteiger partial charge in [0.1, 0.15) is 38.2 Å². The second-order valence-corrected chi connectivity index (χ2v) is 12.3. The molecule has 0 aromatic heterocycles. The highest BCUT2D eigenvalue weighted by Crippen LogP contribution is 2.44. The lowest BCUT2D eigenvalue weighted by Gasteiger charge is -2.25. The average Bonchev–Trinajstić information content (AvgIpc) is 2.61. The molecule has 0 aliphatic heterocycles. The number of quaternary nitrogens is 1. The van der Waals surface area contributed by atoms with Crippen molar-refractivity contribution < 1.29 is 46.8 Å². The molecule has 2 radical (unpaired) electrons. The number of hydrogen-bond acceptors (Lipinski definition) is 8. The van der Waals surface area contributed by atoms with Crippen molar-refractivity contribution in [3.8, 4) is 5.75 Å². The molecule has 0 aliphatic rings. The molecule has 0 spiro atoms. The highest BCUT2D eigenvalue weighted by atomic mass is 127. The number of benzene rings is 1. The van der Waals surface area contributed by atoms with E-state index in [-0.39, 0.29) is 6.61 Å². The molecule has 1 N–H and O–H groups in total. The number of phosphoric acid groups is 1. The van der Waals surface area contributed by atoms with Crippen LogP contribution in [0.5, 0.6) is 5.75 Å². The maximum Gasteiger partial charge on any atom is 0.472 e. The standard InChI is InChI=1S/C18H23I3NO9P/c1-12(23)27-9-14(31-32(25,26)30-6-5-22(2,3)4)10-28-17(24)11-29-18-15(20)7-13(19)8-16(18)21/h1,7-8,14H,5-6,9-11H2,2-4H3/p+1. The minimum atomic E-state index is -4.50. The van der Waals surface area contributed by atoms with Crippen molar-refractivity contribution in [2.24, 2.45) is 0 Å². The van der Waals surface area contributed by atoms with Gasteiger partial charge in [-0.15, -0.1) is 0 Å². The highest BCUT2D eigenvalue weighted by Gasteiger charge is 2.29. The Morgan fingerprint density at radius 2 is 1.69 bits per heavy atom. The van der Waals surface area contributed by atoms with Crippen LogP contribution in [0, 0.1) is 17.6 Å². The van der Waals surface area contributed by atoms with Crippen molar-refractivity contribution in [3.05, 3.63) is 29.8 Å². The number of likely N-dealkylation sites (N-methyl/N-ethyl adjacent to an activating group) is 1. The summed E-state index contributed by atoms with van der Waals surface area (Å²) >= 11 is 6.37. The van der Waals surface area contributed by atoms with Crippen LogP contribution < -0.4 is 4.74 Å². The van der Waals surface area contributed by atoms with Crippen molar-refractivity contribution >= 4 is 87.5 Å². The molecule has 1 rings (SSSR count). The fraction of sp³-hybridized carbons (Fsp3) is 0.500. The van der Waals surface area contributed by atoms with E-state index >= 15 is 0 Å². The van der Waals surface area contributed by atoms with E-state index in [1.54, 1.807) is 0 Å². The van der Waals surface area contributed by atoms with E-state index in [0.717, 1.165) is 10.7 Å². The number of carbonyl (C=O) groups is 2. The van der Waals surface area contributed by atoms with Gasteiger partial charge < -0.3 is 23.6 Å². The first-order valence-electron chi connectivity index (χ1n) is 9.00. The van der Waals surface area contributed by atoms with E-state index < -0.39 is 45.7 Å². The normalized spacial score (nSPS) is 14.4. The SMILES string of the molecule is [CH]C(=O)OCC(COC(=O)COc1c(I)cc(I)cc1I)OP(=O)(O)OCC[N+](C)(C)C. The minimum absolute atomic E-state index is 0.0540. The number of hydrogen-bond donors (Lipinski definition) is 1. The van der Waals surface area contributed by atoms with Gasteiger partial charge in [0.05, 0.1) is 35.2 Å². The molecule has 0 aliphatic carbocycles. The van der Waals surface area contributed by atoms with E-state index in [9.17, 15) is 19.0 Å². The van der Waals surface area contributed by atoms with Gasteiger partial charge in [-0.1, -0.05) is 0 Å². The van der Waals surface area contributed by atoms with Crippen molar-refractivity contribution in [2.75, 3.05) is 54.1 Å². The van der Waals surface area contributed by atoms with Crippen molar-refractivity contribution in [3.63, 3.8) is 0 Å². The lowest BCUT2D eigenvalue weighted by atomic mass is 10.3. The van der Waals surface area contributed by atoms with Crippen LogP contribution in [0.1, 0.15) is 0 Å². The molecule has 32 heavy (non-hydrogen) atoms. The fourth-order valence-electron chi connectivity index (χ4n) is 1.96. The quantitative estimate of drug-likeness (QED) is 0.139. The predicted molar refractivity (Wildman–Crippen MR) is 140 cm³/mol. The first-order valence-corrected chi connectivity index (χ1v) is 13.7. The monoisotopic (exact) mass is 810 g/mol. The van der Waals surface area contributed by atoms with Gasteiger partial charge in [-0.2, -0.15) is 0 Å². The summed E-state index contributed by atoms with van der Waals surface area (Å²) in [7, 11) is 1.15. The number of phosphoric ester groups is 1. The first-order chi connectivity index (χ1) is 14.7. The molecule has 10 nitrogen and oxygen atoms in total. The number of carbonyl (C=O) groups excluding carboxylic acids is 2. The smallest absolute Gasteiger partial charge is 0.472 e. The van der Waals surface area contributed by atoms with Crippen LogP contribution in [0.25, 0.3) is 0 Å². The lowest BCUT2D eigenvalue weighted by Crippen LogP contribution is -2.37. The van der Waals surface area contributed by atoms with Gasteiger partial charge in [0.2, 0.25) is 0 Å². The Morgan fingerprint density at radius 3 is 2.22 bits per heavy atom. The summed E-state index contributed by atoms with van der Waals surface area (Å²) in [5.41, 5.74) is 0. The number of rotatable bonds is 13. The number of nitrogens with zero attached hydrogens (tertiary/aromatic N) is 1. The Bertz CT molecular complexity index is 824. The van der Waals surface area contributed by atoms with Crippen molar-refractivity contribution in [1.82, 2.24) is 0 Å². The molecule has 0 fully saturated rings. The molecule has 0 bridgehead atoms. The molecule has 0 saturated heterocycles. The summed E-state index contributed by atoms with van der Waals surface area (Å²) in [6.07, 6.45) is -1.27. The maximum atomic E-state index is 12.2. The van der Waals surface area contributed by atoms with Crippen LogP contribution >= 0.6 is 75.6 Å². The lowest BCUT2D eigenvalue weighted by molar-refractivity contribution is -0.870. The van der Waals surface area contributed by atoms with Crippen LogP contribution in [0.2, 0.25) is 0 Å². The summed E-state index contributed by atoms with van der Waals surface area (Å²) < 4.78 is 40.5. The molecule has 1 aromatic rings. The van der Waals surface area contributed by atoms with Crippen LogP contribution in [-0.4, -0.2) is 81.5 Å². The molecule has 180 valence electrons. The first kappa shape index (κ1) is 30.3. The maximum absolute atomic E-state index is 12.2. The highest BCUT2D eigenvalue weighted by molar-refractivity contribution is 14.1. The molecule has 1 aromatic carbocycles. The Hall–Kier alpha value is 0.220. The van der Waals surface area contributed by atoms with E-state index in [0.29, 0.717) is 16.8 Å². The second-order valence-electron chi connectivity index (χ2n) is 7.34. The Kier molecular flexibility index (Phi) is 13.2. The number of halogens is 3. The predicted octanol–water partition coefficient (Wildman–Crippen LogP) is 2.89. The number of ether oxygens (including phenoxy) is 3. The zero-order valence-corrected chi connectivity index (χ0v) is 25.0. The summed E-state index contributed by atoms with van der Waals surface area (Å²) in [5, 5.41) is 0. The molecule has 2 atom stereocenters. The van der Waals surface area contributed by atoms with Gasteiger partial charge in [-0.25, -0.2) is 9.36 Å². The van der Waals surface area contributed by atoms with Gasteiger partial charge in [-0.05, 0) is 79.9 Å². The van der Waals surface area contributed by atoms with Gasteiger partial charge in [0.15, 0.2) is 6.61 Å². The molecule has 2 unspecified atom stereocenters. The minimum Gasteiger partial charge on any atom is -0.480 e. The zero-order chi connectivity index (χ0) is 24.5. The van der Waals surface area contributed by atoms with Crippen molar-refractivity contribution in [2.45, 2.75) is 6.10 Å². The van der Waals surface area contributed by atoms with E-state index in [4.69, 9.17) is 25.4 Å². The van der Waals surface area contributed by atoms with Gasteiger partial charge >= 0.3 is 19.8 Å². The van der Waals surface area contributed by atoms with Gasteiger partial charge in [0.25, 0.3) is 0 Å². The Labute approximate surface area is 228 Å². The Balaban J connectivity index is 2.63. The summed E-state index contributed by atoms with van der Waals surface area (Å²) in [6.45, 7) is 3.92. The summed E-state index contributed by atoms with van der Waals surface area (Å²) in [6, 6.07) is 3.79. The molecule has 0 saturated carbocycles. The van der Waals surface area contributed by atoms with E-state index in [1.807, 2.05) is 33.3 Å². The Morgan fingerprint density at radius 1 is 1.12 bits per heavy atom. The van der Waals surface area contributed by atoms with Crippen LogP contribution in [0.15, 0.2) is 12.1 Å². The third kappa shape index (κ3) is 13.2. The topological polar surface area (TPSA) is 118 Å². The molecule has 14 heteroatoms. The fourth-order valence-corrected chi connectivity index (χ4v) is 6.72. The molecular weight excluding hydrogens is 786 g/mol. The van der Waals surface area contributed by atoms with Gasteiger partial charge in [0, 0.05) is 3.57 Å².